The third-order valence-electron chi connectivity index (χ3n) is 3.46. The monoisotopic (exact) mass is 212 g/mol. The highest BCUT2D eigenvalue weighted by Crippen LogP contribution is 2.20. The van der Waals surface area contributed by atoms with E-state index < -0.39 is 0 Å². The number of likely N-dealkylation sites (tertiary alicyclic amines) is 2. The van der Waals surface area contributed by atoms with Gasteiger partial charge in [-0.2, -0.15) is 0 Å². The Morgan fingerprint density at radius 3 is 2.53 bits per heavy atom. The van der Waals surface area contributed by atoms with Gasteiger partial charge in [-0.25, -0.2) is 4.79 Å². The molecule has 0 aliphatic carbocycles. The fraction of sp³-hybridized carbons (Fsp3) is 0.909. The molecular weight excluding hydrogens is 192 g/mol. The predicted octanol–water partition coefficient (Wildman–Crippen LogP) is 1.05. The third-order valence-corrected chi connectivity index (χ3v) is 3.46. The van der Waals surface area contributed by atoms with Crippen LogP contribution in [0.4, 0.5) is 4.79 Å². The average Bonchev–Trinajstić information content (AvgIpc) is 2.77. The van der Waals surface area contributed by atoms with E-state index in [0.717, 1.165) is 45.3 Å². The Hall–Kier alpha value is -0.770. The van der Waals surface area contributed by atoms with E-state index in [0.29, 0.717) is 0 Å². The van der Waals surface area contributed by atoms with Gasteiger partial charge in [0.25, 0.3) is 0 Å². The molecule has 2 heterocycles. The van der Waals surface area contributed by atoms with Gasteiger partial charge in [-0.05, 0) is 32.1 Å². The summed E-state index contributed by atoms with van der Waals surface area (Å²) in [5.74, 6) is 0. The van der Waals surface area contributed by atoms with Gasteiger partial charge in [0.2, 0.25) is 0 Å². The highest BCUT2D eigenvalue weighted by molar-refractivity contribution is 5.75. The largest absolute Gasteiger partial charge is 0.394 e. The molecule has 4 nitrogen and oxygen atoms in total. The van der Waals surface area contributed by atoms with Crippen LogP contribution in [0.1, 0.15) is 32.1 Å². The lowest BCUT2D eigenvalue weighted by Gasteiger charge is -2.33. The molecule has 0 saturated carbocycles. The molecule has 2 aliphatic rings. The molecule has 1 N–H and O–H groups in total. The summed E-state index contributed by atoms with van der Waals surface area (Å²) in [4.78, 5) is 15.9. The Morgan fingerprint density at radius 1 is 1.13 bits per heavy atom. The zero-order valence-electron chi connectivity index (χ0n) is 9.19. The Bertz CT molecular complexity index is 227. The smallest absolute Gasteiger partial charge is 0.320 e. The first-order chi connectivity index (χ1) is 7.33. The van der Waals surface area contributed by atoms with Crippen molar-refractivity contribution in [3.63, 3.8) is 0 Å². The second kappa shape index (κ2) is 4.84. The van der Waals surface area contributed by atoms with Gasteiger partial charge in [-0.1, -0.05) is 0 Å². The molecule has 15 heavy (non-hydrogen) atoms. The zero-order chi connectivity index (χ0) is 10.7. The van der Waals surface area contributed by atoms with Crippen molar-refractivity contribution >= 4 is 6.03 Å². The van der Waals surface area contributed by atoms with Gasteiger partial charge in [-0.15, -0.1) is 0 Å². The minimum Gasteiger partial charge on any atom is -0.394 e. The quantitative estimate of drug-likeness (QED) is 0.706. The van der Waals surface area contributed by atoms with Gasteiger partial charge < -0.3 is 14.9 Å². The van der Waals surface area contributed by atoms with Crippen LogP contribution in [-0.2, 0) is 0 Å². The van der Waals surface area contributed by atoms with Crippen LogP contribution < -0.4 is 0 Å². The van der Waals surface area contributed by atoms with Gasteiger partial charge in [0.05, 0.1) is 12.6 Å². The normalized spacial score (nSPS) is 27.1. The number of carbonyl (C=O) groups is 1. The summed E-state index contributed by atoms with van der Waals surface area (Å²) in [5.41, 5.74) is 0. The number of urea groups is 1. The maximum Gasteiger partial charge on any atom is 0.320 e. The summed E-state index contributed by atoms with van der Waals surface area (Å²) in [6.45, 7) is 2.72. The number of carbonyl (C=O) groups excluding carboxylic acids is 1. The van der Waals surface area contributed by atoms with E-state index in [2.05, 4.69) is 0 Å². The molecule has 2 saturated heterocycles. The molecule has 2 fully saturated rings. The van der Waals surface area contributed by atoms with E-state index in [1.54, 1.807) is 0 Å². The molecule has 1 atom stereocenters. The predicted molar refractivity (Wildman–Crippen MR) is 57.6 cm³/mol. The Kier molecular flexibility index (Phi) is 3.46. The second-order valence-electron chi connectivity index (χ2n) is 4.50. The van der Waals surface area contributed by atoms with Crippen LogP contribution in [0.2, 0.25) is 0 Å². The number of piperidine rings is 1. The van der Waals surface area contributed by atoms with Crippen molar-refractivity contribution in [3.8, 4) is 0 Å². The summed E-state index contributed by atoms with van der Waals surface area (Å²) in [6, 6.07) is 0.214. The molecule has 86 valence electrons. The van der Waals surface area contributed by atoms with E-state index in [1.807, 2.05) is 9.80 Å². The molecule has 0 bridgehead atoms. The van der Waals surface area contributed by atoms with E-state index in [9.17, 15) is 9.90 Å². The van der Waals surface area contributed by atoms with Crippen molar-refractivity contribution in [3.05, 3.63) is 0 Å². The lowest BCUT2D eigenvalue weighted by molar-refractivity contribution is 0.119. The van der Waals surface area contributed by atoms with Crippen molar-refractivity contribution < 1.29 is 9.90 Å². The van der Waals surface area contributed by atoms with E-state index in [1.165, 1.54) is 6.42 Å². The third kappa shape index (κ3) is 2.25. The summed E-state index contributed by atoms with van der Waals surface area (Å²) in [7, 11) is 0. The molecule has 2 aliphatic heterocycles. The zero-order valence-corrected chi connectivity index (χ0v) is 9.19. The molecule has 2 amide bonds. The van der Waals surface area contributed by atoms with Crippen molar-refractivity contribution in [2.45, 2.75) is 38.1 Å². The number of amides is 2. The minimum atomic E-state index is 0.0689. The molecule has 2 rings (SSSR count). The fourth-order valence-electron chi connectivity index (χ4n) is 2.54. The van der Waals surface area contributed by atoms with Crippen LogP contribution in [0.25, 0.3) is 0 Å². The first-order valence-electron chi connectivity index (χ1n) is 5.99. The second-order valence-corrected chi connectivity index (χ2v) is 4.50. The van der Waals surface area contributed by atoms with Crippen LogP contribution in [0.15, 0.2) is 0 Å². The average molecular weight is 212 g/mol. The molecule has 0 spiro atoms. The maximum absolute atomic E-state index is 12.1. The van der Waals surface area contributed by atoms with Gasteiger partial charge in [0.1, 0.15) is 0 Å². The highest BCUT2D eigenvalue weighted by atomic mass is 16.3. The number of nitrogens with zero attached hydrogens (tertiary/aromatic N) is 2. The van der Waals surface area contributed by atoms with Crippen molar-refractivity contribution in [2.24, 2.45) is 0 Å². The molecule has 0 radical (unpaired) electrons. The molecule has 0 aromatic carbocycles. The molecular formula is C11H20N2O2. The van der Waals surface area contributed by atoms with Crippen LogP contribution in [-0.4, -0.2) is 53.2 Å². The Morgan fingerprint density at radius 2 is 1.87 bits per heavy atom. The lowest BCUT2D eigenvalue weighted by Crippen LogP contribution is -2.48. The van der Waals surface area contributed by atoms with Crippen molar-refractivity contribution in [1.29, 1.82) is 0 Å². The minimum absolute atomic E-state index is 0.0689. The van der Waals surface area contributed by atoms with Gasteiger partial charge >= 0.3 is 6.03 Å². The van der Waals surface area contributed by atoms with Crippen molar-refractivity contribution in [2.75, 3.05) is 26.2 Å². The summed E-state index contributed by atoms with van der Waals surface area (Å²) in [6.07, 6.45) is 5.49. The van der Waals surface area contributed by atoms with E-state index in [-0.39, 0.29) is 18.7 Å². The number of aliphatic hydroxyl groups is 1. The molecule has 0 aromatic heterocycles. The fourth-order valence-corrected chi connectivity index (χ4v) is 2.54. The number of hydrogen-bond acceptors (Lipinski definition) is 2. The van der Waals surface area contributed by atoms with E-state index >= 15 is 0 Å². The number of hydrogen-bond donors (Lipinski definition) is 1. The number of rotatable bonds is 1. The van der Waals surface area contributed by atoms with Crippen LogP contribution in [0.5, 0.6) is 0 Å². The molecule has 0 aromatic rings. The topological polar surface area (TPSA) is 43.8 Å². The van der Waals surface area contributed by atoms with Crippen LogP contribution in [0, 0.1) is 0 Å². The summed E-state index contributed by atoms with van der Waals surface area (Å²) in [5, 5.41) is 9.17. The lowest BCUT2D eigenvalue weighted by atomic mass is 10.1. The van der Waals surface area contributed by atoms with Gasteiger partial charge in [0, 0.05) is 19.6 Å². The van der Waals surface area contributed by atoms with E-state index in [4.69, 9.17) is 0 Å². The van der Waals surface area contributed by atoms with Gasteiger partial charge in [0.15, 0.2) is 0 Å². The molecule has 4 heteroatoms. The Balaban J connectivity index is 1.93. The summed E-state index contributed by atoms with van der Waals surface area (Å²) < 4.78 is 0. The van der Waals surface area contributed by atoms with Crippen LogP contribution >= 0.6 is 0 Å². The SMILES string of the molecule is O=C(N1CCCCC1)N1CCC[C@@H]1CO. The van der Waals surface area contributed by atoms with Crippen molar-refractivity contribution in [1.82, 2.24) is 9.80 Å². The molecule has 0 unspecified atom stereocenters. The Labute approximate surface area is 90.9 Å². The van der Waals surface area contributed by atoms with Gasteiger partial charge in [-0.3, -0.25) is 0 Å². The first kappa shape index (κ1) is 10.7. The summed E-state index contributed by atoms with van der Waals surface area (Å²) >= 11 is 0. The maximum atomic E-state index is 12.1. The first-order valence-corrected chi connectivity index (χ1v) is 5.99. The highest BCUT2D eigenvalue weighted by Gasteiger charge is 2.31. The van der Waals surface area contributed by atoms with Crippen LogP contribution in [0.3, 0.4) is 0 Å². The number of aliphatic hydroxyl groups excluding tert-OH is 1. The standard InChI is InChI=1S/C11H20N2O2/c14-9-10-5-4-8-13(10)11(15)12-6-2-1-3-7-12/h10,14H,1-9H2/t10-/m1/s1.